The summed E-state index contributed by atoms with van der Waals surface area (Å²) in [5.41, 5.74) is 0. The molecule has 0 aliphatic carbocycles. The SMILES string of the molecule is CCC(O)CNCc1cc(Br)c(C)s1. The van der Waals surface area contributed by atoms with Gasteiger partial charge in [-0.25, -0.2) is 0 Å². The van der Waals surface area contributed by atoms with Crippen LogP contribution in [-0.2, 0) is 6.54 Å². The van der Waals surface area contributed by atoms with Crippen molar-refractivity contribution < 1.29 is 5.11 Å². The molecule has 0 aliphatic heterocycles. The second kappa shape index (κ2) is 5.85. The van der Waals surface area contributed by atoms with Crippen LogP contribution in [0.5, 0.6) is 0 Å². The Morgan fingerprint density at radius 2 is 2.36 bits per heavy atom. The van der Waals surface area contributed by atoms with Crippen LogP contribution in [0.15, 0.2) is 10.5 Å². The lowest BCUT2D eigenvalue weighted by Crippen LogP contribution is -2.25. The number of halogens is 1. The van der Waals surface area contributed by atoms with Gasteiger partial charge in [-0.15, -0.1) is 11.3 Å². The van der Waals surface area contributed by atoms with Crippen LogP contribution in [0, 0.1) is 6.92 Å². The molecule has 1 aromatic rings. The fraction of sp³-hybridized carbons (Fsp3) is 0.600. The summed E-state index contributed by atoms with van der Waals surface area (Å²) in [6.07, 6.45) is 0.583. The maximum absolute atomic E-state index is 9.33. The highest BCUT2D eigenvalue weighted by Crippen LogP contribution is 2.25. The van der Waals surface area contributed by atoms with Gasteiger partial charge in [0.15, 0.2) is 0 Å². The zero-order valence-corrected chi connectivity index (χ0v) is 10.9. The van der Waals surface area contributed by atoms with Crippen molar-refractivity contribution in [3.05, 3.63) is 20.3 Å². The predicted octanol–water partition coefficient (Wildman–Crippen LogP) is 2.68. The molecule has 0 saturated heterocycles. The number of hydrogen-bond donors (Lipinski definition) is 2. The van der Waals surface area contributed by atoms with Crippen molar-refractivity contribution in [3.8, 4) is 0 Å². The summed E-state index contributed by atoms with van der Waals surface area (Å²) in [4.78, 5) is 2.61. The Morgan fingerprint density at radius 1 is 1.64 bits per heavy atom. The van der Waals surface area contributed by atoms with Gasteiger partial charge in [-0.1, -0.05) is 6.92 Å². The highest BCUT2D eigenvalue weighted by molar-refractivity contribution is 9.10. The van der Waals surface area contributed by atoms with Crippen LogP contribution in [0.4, 0.5) is 0 Å². The standard InChI is InChI=1S/C10H16BrNOS/c1-3-8(13)5-12-6-9-4-10(11)7(2)14-9/h4,8,12-13H,3,5-6H2,1-2H3. The van der Waals surface area contributed by atoms with Crippen molar-refractivity contribution in [1.82, 2.24) is 5.32 Å². The summed E-state index contributed by atoms with van der Waals surface area (Å²) >= 11 is 5.27. The van der Waals surface area contributed by atoms with Crippen LogP contribution in [-0.4, -0.2) is 17.8 Å². The molecule has 1 aromatic heterocycles. The zero-order chi connectivity index (χ0) is 10.6. The van der Waals surface area contributed by atoms with Gasteiger partial charge in [0.2, 0.25) is 0 Å². The molecule has 0 amide bonds. The minimum absolute atomic E-state index is 0.223. The van der Waals surface area contributed by atoms with E-state index in [0.29, 0.717) is 6.54 Å². The molecule has 0 fully saturated rings. The van der Waals surface area contributed by atoms with Crippen molar-refractivity contribution in [2.24, 2.45) is 0 Å². The lowest BCUT2D eigenvalue weighted by molar-refractivity contribution is 0.167. The van der Waals surface area contributed by atoms with E-state index in [1.165, 1.54) is 14.2 Å². The van der Waals surface area contributed by atoms with E-state index < -0.39 is 0 Å². The number of aliphatic hydroxyl groups excluding tert-OH is 1. The molecule has 1 unspecified atom stereocenters. The second-order valence-corrected chi connectivity index (χ2v) is 5.51. The second-order valence-electron chi connectivity index (χ2n) is 3.31. The van der Waals surface area contributed by atoms with Crippen LogP contribution < -0.4 is 5.32 Å². The van der Waals surface area contributed by atoms with Gasteiger partial charge in [0.05, 0.1) is 6.10 Å². The maximum atomic E-state index is 9.33. The largest absolute Gasteiger partial charge is 0.392 e. The van der Waals surface area contributed by atoms with Gasteiger partial charge >= 0.3 is 0 Å². The molecule has 14 heavy (non-hydrogen) atoms. The molecule has 2 nitrogen and oxygen atoms in total. The van der Waals surface area contributed by atoms with Gasteiger partial charge in [-0.05, 0) is 35.3 Å². The van der Waals surface area contributed by atoms with E-state index in [1.54, 1.807) is 11.3 Å². The Bertz CT molecular complexity index is 268. The summed E-state index contributed by atoms with van der Waals surface area (Å²) in [6, 6.07) is 2.13. The number of thiophene rings is 1. The van der Waals surface area contributed by atoms with Crippen molar-refractivity contribution >= 4 is 27.3 Å². The van der Waals surface area contributed by atoms with E-state index in [9.17, 15) is 5.11 Å². The average Bonchev–Trinajstić information content (AvgIpc) is 2.46. The first-order valence-electron chi connectivity index (χ1n) is 4.77. The summed E-state index contributed by atoms with van der Waals surface area (Å²) in [7, 11) is 0. The van der Waals surface area contributed by atoms with Crippen LogP contribution in [0.25, 0.3) is 0 Å². The van der Waals surface area contributed by atoms with Gasteiger partial charge in [-0.3, -0.25) is 0 Å². The Hall–Kier alpha value is 0.1000. The monoisotopic (exact) mass is 277 g/mol. The zero-order valence-electron chi connectivity index (χ0n) is 8.51. The Kier molecular flexibility index (Phi) is 5.09. The molecule has 0 aromatic carbocycles. The van der Waals surface area contributed by atoms with E-state index >= 15 is 0 Å². The number of nitrogens with one attached hydrogen (secondary N) is 1. The third-order valence-electron chi connectivity index (χ3n) is 2.06. The van der Waals surface area contributed by atoms with Crippen molar-refractivity contribution in [3.63, 3.8) is 0 Å². The molecule has 0 aliphatic rings. The fourth-order valence-corrected chi connectivity index (χ4v) is 2.68. The number of aryl methyl sites for hydroxylation is 1. The summed E-state index contributed by atoms with van der Waals surface area (Å²) in [5, 5.41) is 12.6. The third kappa shape index (κ3) is 3.69. The number of rotatable bonds is 5. The minimum atomic E-state index is -0.223. The molecule has 80 valence electrons. The smallest absolute Gasteiger partial charge is 0.0662 e. The van der Waals surface area contributed by atoms with E-state index in [2.05, 4.69) is 34.2 Å². The highest BCUT2D eigenvalue weighted by atomic mass is 79.9. The highest BCUT2D eigenvalue weighted by Gasteiger charge is 2.03. The lowest BCUT2D eigenvalue weighted by Gasteiger charge is -2.07. The van der Waals surface area contributed by atoms with Gasteiger partial charge in [0.25, 0.3) is 0 Å². The van der Waals surface area contributed by atoms with Crippen molar-refractivity contribution in [1.29, 1.82) is 0 Å². The Labute approximate surface area is 97.5 Å². The molecule has 1 atom stereocenters. The molecule has 1 rings (SSSR count). The molecule has 0 saturated carbocycles. The summed E-state index contributed by atoms with van der Waals surface area (Å²) < 4.78 is 1.18. The van der Waals surface area contributed by atoms with Crippen LogP contribution in [0.3, 0.4) is 0 Å². The van der Waals surface area contributed by atoms with Crippen LogP contribution >= 0.6 is 27.3 Å². The quantitative estimate of drug-likeness (QED) is 0.868. The van der Waals surface area contributed by atoms with E-state index in [-0.39, 0.29) is 6.10 Å². The first-order chi connectivity index (χ1) is 6.63. The molecule has 0 bridgehead atoms. The van der Waals surface area contributed by atoms with Gasteiger partial charge in [0.1, 0.15) is 0 Å². The lowest BCUT2D eigenvalue weighted by atomic mass is 10.3. The van der Waals surface area contributed by atoms with Crippen LogP contribution in [0.2, 0.25) is 0 Å². The first-order valence-corrected chi connectivity index (χ1v) is 6.38. The number of hydrogen-bond acceptors (Lipinski definition) is 3. The van der Waals surface area contributed by atoms with Crippen LogP contribution in [0.1, 0.15) is 23.1 Å². The maximum Gasteiger partial charge on any atom is 0.0662 e. The van der Waals surface area contributed by atoms with E-state index in [0.717, 1.165) is 13.0 Å². The molecule has 2 N–H and O–H groups in total. The van der Waals surface area contributed by atoms with Crippen molar-refractivity contribution in [2.75, 3.05) is 6.54 Å². The minimum Gasteiger partial charge on any atom is -0.392 e. The molecular weight excluding hydrogens is 262 g/mol. The Balaban J connectivity index is 2.31. The molecule has 0 radical (unpaired) electrons. The van der Waals surface area contributed by atoms with Gasteiger partial charge in [0, 0.05) is 27.3 Å². The third-order valence-corrected chi connectivity index (χ3v) is 4.20. The van der Waals surface area contributed by atoms with Gasteiger partial charge < -0.3 is 10.4 Å². The number of aliphatic hydroxyl groups is 1. The van der Waals surface area contributed by atoms with Crippen molar-refractivity contribution in [2.45, 2.75) is 32.9 Å². The summed E-state index contributed by atoms with van der Waals surface area (Å²) in [5.74, 6) is 0. The first kappa shape index (κ1) is 12.2. The molecule has 4 heteroatoms. The summed E-state index contributed by atoms with van der Waals surface area (Å²) in [6.45, 7) is 5.59. The van der Waals surface area contributed by atoms with E-state index in [4.69, 9.17) is 0 Å². The van der Waals surface area contributed by atoms with Gasteiger partial charge in [-0.2, -0.15) is 0 Å². The van der Waals surface area contributed by atoms with E-state index in [1.807, 2.05) is 6.92 Å². The average molecular weight is 278 g/mol. The normalized spacial score (nSPS) is 13.1. The fourth-order valence-electron chi connectivity index (χ4n) is 1.11. The predicted molar refractivity (Wildman–Crippen MR) is 64.8 cm³/mol. The molecular formula is C10H16BrNOS. The molecule has 0 spiro atoms. The molecule has 1 heterocycles. The topological polar surface area (TPSA) is 32.3 Å². The Morgan fingerprint density at radius 3 is 2.86 bits per heavy atom.